The molecule has 5 N–H and O–H groups in total. The summed E-state index contributed by atoms with van der Waals surface area (Å²) in [5, 5.41) is 50.9. The maximum Gasteiger partial charge on any atom is 0.187 e. The summed E-state index contributed by atoms with van der Waals surface area (Å²) in [6.45, 7) is 0.417. The Morgan fingerprint density at radius 2 is 1.97 bits per heavy atom. The zero-order valence-corrected chi connectivity index (χ0v) is 18.0. The molecular formula is C23H31NO8. The summed E-state index contributed by atoms with van der Waals surface area (Å²) in [5.41, 5.74) is 2.04. The Bertz CT molecular complexity index is 910. The molecule has 0 amide bonds. The molecule has 3 unspecified atom stereocenters. The lowest BCUT2D eigenvalue weighted by atomic mass is 9.51. The highest BCUT2D eigenvalue weighted by Crippen LogP contribution is 2.64. The zero-order valence-electron chi connectivity index (χ0n) is 18.0. The number of likely N-dealkylation sites (N-methyl/N-ethyl adjacent to an activating group) is 1. The van der Waals surface area contributed by atoms with E-state index in [1.165, 1.54) is 5.56 Å². The monoisotopic (exact) mass is 449 g/mol. The first-order valence-electron chi connectivity index (χ1n) is 11.5. The van der Waals surface area contributed by atoms with Gasteiger partial charge in [0.05, 0.1) is 12.7 Å². The van der Waals surface area contributed by atoms with E-state index in [-0.39, 0.29) is 17.3 Å². The van der Waals surface area contributed by atoms with E-state index < -0.39 is 43.4 Å². The number of phenolic OH excluding ortho intramolecular Hbond substituents is 1. The molecule has 1 aromatic rings. The second kappa shape index (κ2) is 7.27. The van der Waals surface area contributed by atoms with E-state index in [1.807, 2.05) is 6.07 Å². The fraction of sp³-hybridized carbons (Fsp3) is 0.739. The van der Waals surface area contributed by atoms with Gasteiger partial charge in [0.2, 0.25) is 0 Å². The number of likely N-dealkylation sites (tertiary alicyclic amines) is 1. The predicted octanol–water partition coefficient (Wildman–Crippen LogP) is -0.754. The second-order valence-electron chi connectivity index (χ2n) is 10.1. The van der Waals surface area contributed by atoms with Crippen molar-refractivity contribution in [3.63, 3.8) is 0 Å². The number of aromatic hydroxyl groups is 1. The van der Waals surface area contributed by atoms with E-state index in [9.17, 15) is 25.5 Å². The van der Waals surface area contributed by atoms with Gasteiger partial charge in [-0.2, -0.15) is 0 Å². The van der Waals surface area contributed by atoms with Gasteiger partial charge in [-0.1, -0.05) is 6.07 Å². The average molecular weight is 450 g/mol. The van der Waals surface area contributed by atoms with Crippen LogP contribution in [-0.2, 0) is 21.3 Å². The van der Waals surface area contributed by atoms with Crippen LogP contribution in [0.4, 0.5) is 0 Å². The van der Waals surface area contributed by atoms with Crippen molar-refractivity contribution >= 4 is 0 Å². The molecule has 5 aliphatic rings. The number of aliphatic hydroxyl groups excluding tert-OH is 4. The maximum atomic E-state index is 10.6. The SMILES string of the molecule is CN1CC[C@]23c4c5ccc(O)c4OC2[C@H](OC2O[C@H](CO)[C@@H](O)[C@H](O)[C@H]2O)CCC3[C@H]1C5. The van der Waals surface area contributed by atoms with Crippen LogP contribution in [0.2, 0.25) is 0 Å². The van der Waals surface area contributed by atoms with Crippen molar-refractivity contribution in [2.24, 2.45) is 5.92 Å². The molecule has 9 nitrogen and oxygen atoms in total. The van der Waals surface area contributed by atoms with Crippen LogP contribution >= 0.6 is 0 Å². The van der Waals surface area contributed by atoms with E-state index >= 15 is 0 Å². The number of ether oxygens (including phenoxy) is 3. The topological polar surface area (TPSA) is 132 Å². The molecule has 9 heteroatoms. The molecule has 32 heavy (non-hydrogen) atoms. The third-order valence-electron chi connectivity index (χ3n) is 8.70. The molecule has 3 fully saturated rings. The molecule has 2 bridgehead atoms. The largest absolute Gasteiger partial charge is 0.504 e. The van der Waals surface area contributed by atoms with Crippen LogP contribution in [0.15, 0.2) is 12.1 Å². The van der Waals surface area contributed by atoms with Gasteiger partial charge in [-0.3, -0.25) is 0 Å². The van der Waals surface area contributed by atoms with Gasteiger partial charge in [0.15, 0.2) is 17.8 Å². The van der Waals surface area contributed by atoms with Gasteiger partial charge in [0, 0.05) is 17.0 Å². The molecule has 1 spiro atoms. The van der Waals surface area contributed by atoms with E-state index in [0.717, 1.165) is 31.4 Å². The van der Waals surface area contributed by atoms with Crippen LogP contribution in [0.25, 0.3) is 0 Å². The highest BCUT2D eigenvalue weighted by Gasteiger charge is 2.66. The molecule has 10 atom stereocenters. The van der Waals surface area contributed by atoms with Gasteiger partial charge < -0.3 is 44.6 Å². The Morgan fingerprint density at radius 1 is 1.16 bits per heavy atom. The fourth-order valence-electron chi connectivity index (χ4n) is 7.18. The van der Waals surface area contributed by atoms with Crippen molar-refractivity contribution in [1.29, 1.82) is 0 Å². The Kier molecular flexibility index (Phi) is 4.79. The summed E-state index contributed by atoms with van der Waals surface area (Å²) in [4.78, 5) is 2.43. The third-order valence-corrected chi connectivity index (χ3v) is 8.70. The molecule has 2 saturated heterocycles. The quantitative estimate of drug-likeness (QED) is 0.404. The van der Waals surface area contributed by atoms with Gasteiger partial charge in [0.1, 0.15) is 30.5 Å². The van der Waals surface area contributed by atoms with Crippen LogP contribution in [0.5, 0.6) is 11.5 Å². The number of aliphatic hydroxyl groups is 4. The molecule has 176 valence electrons. The van der Waals surface area contributed by atoms with Crippen molar-refractivity contribution in [2.45, 2.75) is 80.1 Å². The Hall–Kier alpha value is -1.46. The van der Waals surface area contributed by atoms with E-state index in [0.29, 0.717) is 24.1 Å². The molecule has 3 heterocycles. The van der Waals surface area contributed by atoms with Crippen molar-refractivity contribution in [1.82, 2.24) is 4.90 Å². The molecule has 2 aliphatic carbocycles. The smallest absolute Gasteiger partial charge is 0.187 e. The van der Waals surface area contributed by atoms with Crippen LogP contribution in [0.3, 0.4) is 0 Å². The van der Waals surface area contributed by atoms with Crippen molar-refractivity contribution in [2.75, 3.05) is 20.2 Å². The number of hydrogen-bond donors (Lipinski definition) is 5. The normalized spacial score (nSPS) is 47.1. The minimum atomic E-state index is -1.49. The van der Waals surface area contributed by atoms with Crippen LogP contribution in [-0.4, -0.2) is 99.6 Å². The molecule has 0 aromatic heterocycles. The number of phenols is 1. The lowest BCUT2D eigenvalue weighted by molar-refractivity contribution is -0.321. The molecule has 0 radical (unpaired) electrons. The molecule has 1 saturated carbocycles. The third kappa shape index (κ3) is 2.64. The van der Waals surface area contributed by atoms with Gasteiger partial charge in [0.25, 0.3) is 0 Å². The number of nitrogens with zero attached hydrogens (tertiary/aromatic N) is 1. The maximum absolute atomic E-state index is 10.6. The zero-order chi connectivity index (χ0) is 22.4. The summed E-state index contributed by atoms with van der Waals surface area (Å²) in [5.74, 6) is 1.05. The van der Waals surface area contributed by atoms with Gasteiger partial charge in [-0.15, -0.1) is 0 Å². The van der Waals surface area contributed by atoms with Crippen molar-refractivity contribution < 1.29 is 39.7 Å². The minimum Gasteiger partial charge on any atom is -0.504 e. The van der Waals surface area contributed by atoms with Gasteiger partial charge in [-0.25, -0.2) is 0 Å². The molecular weight excluding hydrogens is 418 g/mol. The summed E-state index contributed by atoms with van der Waals surface area (Å²) in [6, 6.07) is 4.10. The average Bonchev–Trinajstić information content (AvgIpc) is 3.14. The van der Waals surface area contributed by atoms with Crippen LogP contribution in [0, 0.1) is 5.92 Å². The standard InChI is InChI=1S/C23H31NO8/c1-24-7-6-23-11-3-5-14(30-22-19(29)18(28)17(27)15(9-25)31-22)21(23)32-20-13(26)4-2-10(16(20)23)8-12(11)24/h2,4,11-12,14-15,17-19,21-22,25-29H,3,5-9H2,1H3/t11?,12-,14-,15-,17-,18+,19-,21?,22?,23+/m1/s1. The summed E-state index contributed by atoms with van der Waals surface area (Å²) in [7, 11) is 2.17. The van der Waals surface area contributed by atoms with Gasteiger partial charge >= 0.3 is 0 Å². The van der Waals surface area contributed by atoms with E-state index in [1.54, 1.807) is 6.07 Å². The molecule has 3 aliphatic heterocycles. The number of benzene rings is 1. The molecule has 6 rings (SSSR count). The van der Waals surface area contributed by atoms with E-state index in [2.05, 4.69) is 11.9 Å². The predicted molar refractivity (Wildman–Crippen MR) is 110 cm³/mol. The first kappa shape index (κ1) is 21.1. The van der Waals surface area contributed by atoms with Crippen molar-refractivity contribution in [3.05, 3.63) is 23.3 Å². The first-order valence-corrected chi connectivity index (χ1v) is 11.5. The van der Waals surface area contributed by atoms with Crippen molar-refractivity contribution in [3.8, 4) is 11.5 Å². The highest BCUT2D eigenvalue weighted by atomic mass is 16.7. The van der Waals surface area contributed by atoms with E-state index in [4.69, 9.17) is 14.2 Å². The Balaban J connectivity index is 1.36. The lowest BCUT2D eigenvalue weighted by Crippen LogP contribution is -2.67. The van der Waals surface area contributed by atoms with Crippen LogP contribution in [0.1, 0.15) is 30.4 Å². The summed E-state index contributed by atoms with van der Waals surface area (Å²) < 4.78 is 18.3. The second-order valence-corrected chi connectivity index (χ2v) is 10.1. The Morgan fingerprint density at radius 3 is 2.75 bits per heavy atom. The minimum absolute atomic E-state index is 0.134. The summed E-state index contributed by atoms with van der Waals surface area (Å²) >= 11 is 0. The first-order chi connectivity index (χ1) is 15.4. The van der Waals surface area contributed by atoms with Crippen LogP contribution < -0.4 is 4.74 Å². The number of rotatable bonds is 3. The lowest BCUT2D eigenvalue weighted by Gasteiger charge is -2.59. The highest BCUT2D eigenvalue weighted by molar-refractivity contribution is 5.60. The number of hydrogen-bond acceptors (Lipinski definition) is 9. The van der Waals surface area contributed by atoms with Gasteiger partial charge in [-0.05, 0) is 56.8 Å². The fourth-order valence-corrected chi connectivity index (χ4v) is 7.18. The summed E-state index contributed by atoms with van der Waals surface area (Å²) in [6.07, 6.45) is -3.97. The Labute approximate surface area is 186 Å². The number of piperidine rings is 1. The molecule has 1 aromatic carbocycles.